The van der Waals surface area contributed by atoms with Gasteiger partial charge in [0.25, 0.3) is 0 Å². The highest BCUT2D eigenvalue weighted by atomic mass is 32.2. The number of nitrogens with zero attached hydrogens (tertiary/aromatic N) is 1. The zero-order valence-corrected chi connectivity index (χ0v) is 8.92. The van der Waals surface area contributed by atoms with Crippen molar-refractivity contribution >= 4 is 34.2 Å². The molecule has 0 bridgehead atoms. The fourth-order valence-corrected chi connectivity index (χ4v) is 2.09. The number of rotatable bonds is 2. The predicted molar refractivity (Wildman–Crippen MR) is 66.6 cm³/mol. The van der Waals surface area contributed by atoms with Crippen molar-refractivity contribution in [2.45, 2.75) is 4.90 Å². The molecule has 1 aromatic heterocycles. The summed E-state index contributed by atoms with van der Waals surface area (Å²) in [7, 11) is 0. The summed E-state index contributed by atoms with van der Waals surface area (Å²) in [6, 6.07) is 7.46. The molecule has 0 fully saturated rings. The van der Waals surface area contributed by atoms with E-state index in [0.717, 1.165) is 15.8 Å². The summed E-state index contributed by atoms with van der Waals surface area (Å²) < 4.78 is 0. The van der Waals surface area contributed by atoms with Crippen molar-refractivity contribution in [1.82, 2.24) is 4.98 Å². The second-order valence-electron chi connectivity index (χ2n) is 3.11. The van der Waals surface area contributed by atoms with Crippen LogP contribution in [0, 0.1) is 0 Å². The molecule has 0 unspecified atom stereocenters. The van der Waals surface area contributed by atoms with E-state index in [1.54, 1.807) is 5.41 Å². The standard InChI is InChI=1S/C11H11N3S/c1-2-15-10-6-11(13)14-9-5-7(12)3-4-8(9)10/h2-6H,1,12H2,(H2,13,14). The normalized spacial score (nSPS) is 10.4. The minimum atomic E-state index is 0.498. The number of aromatic nitrogens is 1. The smallest absolute Gasteiger partial charge is 0.125 e. The van der Waals surface area contributed by atoms with E-state index >= 15 is 0 Å². The zero-order valence-electron chi connectivity index (χ0n) is 8.10. The van der Waals surface area contributed by atoms with Crippen LogP contribution in [0.15, 0.2) is 41.1 Å². The Morgan fingerprint density at radius 2 is 2.07 bits per heavy atom. The van der Waals surface area contributed by atoms with Gasteiger partial charge in [0.2, 0.25) is 0 Å². The molecule has 0 saturated heterocycles. The van der Waals surface area contributed by atoms with Gasteiger partial charge >= 0.3 is 0 Å². The molecule has 0 spiro atoms. The Bertz CT molecular complexity index is 517. The van der Waals surface area contributed by atoms with Crippen LogP contribution in [0.3, 0.4) is 0 Å². The number of fused-ring (bicyclic) bond motifs is 1. The average molecular weight is 217 g/mol. The highest BCUT2D eigenvalue weighted by Crippen LogP contribution is 2.29. The van der Waals surface area contributed by atoms with E-state index in [1.807, 2.05) is 24.3 Å². The largest absolute Gasteiger partial charge is 0.399 e. The summed E-state index contributed by atoms with van der Waals surface area (Å²) in [6.07, 6.45) is 0. The molecule has 1 aromatic carbocycles. The second kappa shape index (κ2) is 3.82. The first-order valence-electron chi connectivity index (χ1n) is 4.44. The van der Waals surface area contributed by atoms with Crippen molar-refractivity contribution in [3.8, 4) is 0 Å². The van der Waals surface area contributed by atoms with Crippen molar-refractivity contribution in [2.75, 3.05) is 11.5 Å². The first-order valence-corrected chi connectivity index (χ1v) is 5.32. The molecule has 0 aliphatic heterocycles. The van der Waals surface area contributed by atoms with Gasteiger partial charge in [-0.15, -0.1) is 0 Å². The van der Waals surface area contributed by atoms with Gasteiger partial charge in [-0.3, -0.25) is 0 Å². The van der Waals surface area contributed by atoms with E-state index in [2.05, 4.69) is 11.6 Å². The van der Waals surface area contributed by atoms with Crippen LogP contribution in [0.4, 0.5) is 11.5 Å². The van der Waals surface area contributed by atoms with Crippen LogP contribution in [0.5, 0.6) is 0 Å². The number of hydrogen-bond acceptors (Lipinski definition) is 4. The lowest BCUT2D eigenvalue weighted by atomic mass is 10.2. The summed E-state index contributed by atoms with van der Waals surface area (Å²) >= 11 is 1.53. The highest BCUT2D eigenvalue weighted by Gasteiger charge is 2.03. The Labute approximate surface area is 92.2 Å². The van der Waals surface area contributed by atoms with Gasteiger partial charge in [0.15, 0.2) is 0 Å². The van der Waals surface area contributed by atoms with Crippen LogP contribution in [0.2, 0.25) is 0 Å². The first kappa shape index (κ1) is 9.86. The molecule has 76 valence electrons. The first-order chi connectivity index (χ1) is 7.20. The van der Waals surface area contributed by atoms with Gasteiger partial charge in [-0.1, -0.05) is 18.3 Å². The summed E-state index contributed by atoms with van der Waals surface area (Å²) in [5, 5.41) is 2.81. The maximum Gasteiger partial charge on any atom is 0.125 e. The Hall–Kier alpha value is -1.68. The van der Waals surface area contributed by atoms with Gasteiger partial charge in [0, 0.05) is 16.0 Å². The number of anilines is 2. The molecule has 0 aliphatic rings. The van der Waals surface area contributed by atoms with E-state index in [-0.39, 0.29) is 0 Å². The average Bonchev–Trinajstić information content (AvgIpc) is 2.17. The lowest BCUT2D eigenvalue weighted by molar-refractivity contribution is 1.36. The van der Waals surface area contributed by atoms with E-state index in [1.165, 1.54) is 11.8 Å². The quantitative estimate of drug-likeness (QED) is 0.599. The fourth-order valence-electron chi connectivity index (χ4n) is 1.42. The molecular weight excluding hydrogens is 206 g/mol. The van der Waals surface area contributed by atoms with Crippen LogP contribution in [0.1, 0.15) is 0 Å². The van der Waals surface area contributed by atoms with Crippen LogP contribution in [-0.2, 0) is 0 Å². The lowest BCUT2D eigenvalue weighted by Gasteiger charge is -2.05. The molecule has 4 N–H and O–H groups in total. The molecule has 2 rings (SSSR count). The van der Waals surface area contributed by atoms with Gasteiger partial charge < -0.3 is 11.5 Å². The van der Waals surface area contributed by atoms with Crippen LogP contribution < -0.4 is 11.5 Å². The SMILES string of the molecule is C=CSc1cc(N)nc2cc(N)ccc12. The van der Waals surface area contributed by atoms with E-state index in [0.29, 0.717) is 11.5 Å². The third-order valence-electron chi connectivity index (χ3n) is 2.03. The molecule has 3 nitrogen and oxygen atoms in total. The third kappa shape index (κ3) is 1.89. The number of nitrogens with two attached hydrogens (primary N) is 2. The van der Waals surface area contributed by atoms with E-state index in [4.69, 9.17) is 11.5 Å². The molecule has 2 aromatic rings. The maximum absolute atomic E-state index is 5.71. The molecule has 0 aliphatic carbocycles. The fraction of sp³-hybridized carbons (Fsp3) is 0. The highest BCUT2D eigenvalue weighted by molar-refractivity contribution is 8.02. The van der Waals surface area contributed by atoms with Crippen LogP contribution in [-0.4, -0.2) is 4.98 Å². The van der Waals surface area contributed by atoms with Gasteiger partial charge in [-0.25, -0.2) is 4.98 Å². The molecule has 1 heterocycles. The summed E-state index contributed by atoms with van der Waals surface area (Å²) in [5.41, 5.74) is 12.9. The molecule has 0 saturated carbocycles. The van der Waals surface area contributed by atoms with E-state index in [9.17, 15) is 0 Å². The van der Waals surface area contributed by atoms with Gasteiger partial charge in [-0.05, 0) is 29.7 Å². The third-order valence-corrected chi connectivity index (χ3v) is 2.78. The second-order valence-corrected chi connectivity index (χ2v) is 4.12. The summed E-state index contributed by atoms with van der Waals surface area (Å²) in [4.78, 5) is 5.28. The minimum Gasteiger partial charge on any atom is -0.399 e. The van der Waals surface area contributed by atoms with Crippen molar-refractivity contribution in [1.29, 1.82) is 0 Å². The topological polar surface area (TPSA) is 64.9 Å². The number of hydrogen-bond donors (Lipinski definition) is 2. The number of thioether (sulfide) groups is 1. The van der Waals surface area contributed by atoms with Crippen LogP contribution in [0.25, 0.3) is 10.9 Å². The molecular formula is C11H11N3S. The molecule has 0 atom stereocenters. The zero-order chi connectivity index (χ0) is 10.8. The van der Waals surface area contributed by atoms with Crippen LogP contribution >= 0.6 is 11.8 Å². The van der Waals surface area contributed by atoms with Crippen molar-refractivity contribution in [2.24, 2.45) is 0 Å². The Kier molecular flexibility index (Phi) is 2.51. The maximum atomic E-state index is 5.71. The minimum absolute atomic E-state index is 0.498. The molecule has 0 radical (unpaired) electrons. The number of benzene rings is 1. The van der Waals surface area contributed by atoms with Gasteiger partial charge in [0.05, 0.1) is 5.52 Å². The van der Waals surface area contributed by atoms with Crippen molar-refractivity contribution in [3.63, 3.8) is 0 Å². The Balaban J connectivity index is 2.73. The molecule has 4 heteroatoms. The monoisotopic (exact) mass is 217 g/mol. The molecule has 0 amide bonds. The lowest BCUT2D eigenvalue weighted by Crippen LogP contribution is -1.93. The van der Waals surface area contributed by atoms with Gasteiger partial charge in [-0.2, -0.15) is 0 Å². The number of nitrogen functional groups attached to an aromatic ring is 2. The van der Waals surface area contributed by atoms with Gasteiger partial charge in [0.1, 0.15) is 5.82 Å². The summed E-state index contributed by atoms with van der Waals surface area (Å²) in [5.74, 6) is 0.498. The predicted octanol–water partition coefficient (Wildman–Crippen LogP) is 2.63. The molecule has 15 heavy (non-hydrogen) atoms. The summed E-state index contributed by atoms with van der Waals surface area (Å²) in [6.45, 7) is 3.69. The van der Waals surface area contributed by atoms with Crippen molar-refractivity contribution < 1.29 is 0 Å². The van der Waals surface area contributed by atoms with E-state index < -0.39 is 0 Å². The van der Waals surface area contributed by atoms with Crippen molar-refractivity contribution in [3.05, 3.63) is 36.3 Å². The Morgan fingerprint density at radius 1 is 1.27 bits per heavy atom. The number of pyridine rings is 1. The Morgan fingerprint density at radius 3 is 2.80 bits per heavy atom.